The SMILES string of the molecule is CCOC(=O)C1=C(C)N=c2s/c(=C\c3ccc(OCc4ccc(Br)cc4)c(OC)c3)c(=O)n2[C@H]1c1ccc(N(C)C)cc1. The molecule has 0 fully saturated rings. The molecule has 1 aliphatic rings. The molecule has 0 aliphatic carbocycles. The van der Waals surface area contributed by atoms with Crippen LogP contribution in [0.15, 0.2) is 92.3 Å². The van der Waals surface area contributed by atoms with E-state index < -0.39 is 12.0 Å². The number of ether oxygens (including phenoxy) is 3. The molecule has 8 nitrogen and oxygen atoms in total. The van der Waals surface area contributed by atoms with Crippen molar-refractivity contribution in [1.82, 2.24) is 4.57 Å². The number of allylic oxidation sites excluding steroid dienone is 1. The first-order chi connectivity index (χ1) is 20.7. The lowest BCUT2D eigenvalue weighted by Gasteiger charge is -2.25. The molecule has 10 heteroatoms. The fraction of sp³-hybridized carbons (Fsp3) is 0.242. The van der Waals surface area contributed by atoms with Crippen LogP contribution in [0.1, 0.15) is 36.6 Å². The second-order valence-corrected chi connectivity index (χ2v) is 12.0. The van der Waals surface area contributed by atoms with Crippen LogP contribution in [0.5, 0.6) is 11.5 Å². The number of thiazole rings is 1. The highest BCUT2D eigenvalue weighted by atomic mass is 79.9. The molecule has 1 aliphatic heterocycles. The van der Waals surface area contributed by atoms with Crippen molar-refractivity contribution in [2.24, 2.45) is 4.99 Å². The number of carbonyl (C=O) groups is 1. The fourth-order valence-electron chi connectivity index (χ4n) is 4.85. The quantitative estimate of drug-likeness (QED) is 0.229. The number of hydrogen-bond donors (Lipinski definition) is 0. The van der Waals surface area contributed by atoms with E-state index in [9.17, 15) is 9.59 Å². The average molecular weight is 663 g/mol. The van der Waals surface area contributed by atoms with Gasteiger partial charge in [0, 0.05) is 24.3 Å². The van der Waals surface area contributed by atoms with Gasteiger partial charge in [0.05, 0.1) is 35.6 Å². The van der Waals surface area contributed by atoms with Crippen LogP contribution < -0.4 is 29.3 Å². The molecule has 0 unspecified atom stereocenters. The number of esters is 1. The van der Waals surface area contributed by atoms with Gasteiger partial charge in [-0.05, 0) is 73.0 Å². The van der Waals surface area contributed by atoms with E-state index >= 15 is 0 Å². The predicted molar refractivity (Wildman–Crippen MR) is 173 cm³/mol. The molecule has 43 heavy (non-hydrogen) atoms. The Hall–Kier alpha value is -4.15. The van der Waals surface area contributed by atoms with Gasteiger partial charge in [0.1, 0.15) is 6.61 Å². The summed E-state index contributed by atoms with van der Waals surface area (Å²) in [5.74, 6) is 0.668. The monoisotopic (exact) mass is 661 g/mol. The van der Waals surface area contributed by atoms with Crippen molar-refractivity contribution >= 4 is 45.0 Å². The molecule has 1 aromatic heterocycles. The number of anilines is 1. The van der Waals surface area contributed by atoms with Gasteiger partial charge in [-0.3, -0.25) is 9.36 Å². The molecule has 4 aromatic rings. The summed E-state index contributed by atoms with van der Waals surface area (Å²) in [4.78, 5) is 34.3. The Morgan fingerprint density at radius 1 is 1.07 bits per heavy atom. The normalized spacial score (nSPS) is 14.7. The Kier molecular flexibility index (Phi) is 9.17. The minimum Gasteiger partial charge on any atom is -0.493 e. The lowest BCUT2D eigenvalue weighted by atomic mass is 9.95. The van der Waals surface area contributed by atoms with Gasteiger partial charge < -0.3 is 19.1 Å². The third-order valence-corrected chi connectivity index (χ3v) is 8.55. The molecule has 2 heterocycles. The number of rotatable bonds is 9. The van der Waals surface area contributed by atoms with Crippen LogP contribution in [0.3, 0.4) is 0 Å². The van der Waals surface area contributed by atoms with Crippen molar-refractivity contribution in [2.75, 3.05) is 32.7 Å². The zero-order chi connectivity index (χ0) is 30.7. The van der Waals surface area contributed by atoms with Gasteiger partial charge in [-0.25, -0.2) is 9.79 Å². The molecule has 3 aromatic carbocycles. The molecule has 5 rings (SSSR count). The van der Waals surface area contributed by atoms with E-state index in [2.05, 4.69) is 20.9 Å². The number of methoxy groups -OCH3 is 1. The van der Waals surface area contributed by atoms with Crippen LogP contribution in [-0.4, -0.2) is 38.3 Å². The minimum atomic E-state index is -0.669. The summed E-state index contributed by atoms with van der Waals surface area (Å²) < 4.78 is 20.1. The number of fused-ring (bicyclic) bond motifs is 1. The number of aromatic nitrogens is 1. The minimum absolute atomic E-state index is 0.219. The van der Waals surface area contributed by atoms with Gasteiger partial charge in [0.15, 0.2) is 16.3 Å². The Balaban J connectivity index is 1.54. The van der Waals surface area contributed by atoms with Gasteiger partial charge in [-0.15, -0.1) is 0 Å². The van der Waals surface area contributed by atoms with Crippen molar-refractivity contribution in [3.05, 3.63) is 119 Å². The Morgan fingerprint density at radius 2 is 1.79 bits per heavy atom. The lowest BCUT2D eigenvalue weighted by molar-refractivity contribution is -0.139. The molecule has 0 radical (unpaired) electrons. The van der Waals surface area contributed by atoms with Crippen molar-refractivity contribution in [3.63, 3.8) is 0 Å². The Bertz CT molecular complexity index is 1860. The van der Waals surface area contributed by atoms with Crippen molar-refractivity contribution in [2.45, 2.75) is 26.5 Å². The number of halogens is 1. The summed E-state index contributed by atoms with van der Waals surface area (Å²) in [6, 6.07) is 20.6. The standard InChI is InChI=1S/C33H32BrN3O5S/c1-6-41-32(39)29-20(2)35-33-37(30(29)23-10-14-25(15-11-23)36(3)4)31(38)28(43-33)18-22-9-16-26(27(17-22)40-5)42-19-21-7-12-24(34)13-8-21/h7-18,30H,6,19H2,1-5H3/b28-18-/t30-/m0/s1. The summed E-state index contributed by atoms with van der Waals surface area (Å²) in [5.41, 5.74) is 4.24. The van der Waals surface area contributed by atoms with Gasteiger partial charge in [-0.2, -0.15) is 0 Å². The van der Waals surface area contributed by atoms with Gasteiger partial charge >= 0.3 is 5.97 Å². The van der Waals surface area contributed by atoms with Crippen LogP contribution >= 0.6 is 27.3 Å². The molecule has 0 bridgehead atoms. The van der Waals surface area contributed by atoms with Crippen LogP contribution in [0.4, 0.5) is 5.69 Å². The van der Waals surface area contributed by atoms with Crippen LogP contribution in [0.25, 0.3) is 6.08 Å². The zero-order valence-electron chi connectivity index (χ0n) is 24.6. The highest BCUT2D eigenvalue weighted by molar-refractivity contribution is 9.10. The maximum Gasteiger partial charge on any atom is 0.338 e. The largest absolute Gasteiger partial charge is 0.493 e. The Labute approximate surface area is 262 Å². The smallest absolute Gasteiger partial charge is 0.338 e. The summed E-state index contributed by atoms with van der Waals surface area (Å²) in [5, 5.41) is 0. The second-order valence-electron chi connectivity index (χ2n) is 10.1. The predicted octanol–water partition coefficient (Wildman–Crippen LogP) is 5.21. The molecule has 0 spiro atoms. The molecule has 0 saturated carbocycles. The first-order valence-electron chi connectivity index (χ1n) is 13.7. The molecule has 1 atom stereocenters. The number of hydrogen-bond acceptors (Lipinski definition) is 8. The maximum atomic E-state index is 14.0. The number of nitrogens with zero attached hydrogens (tertiary/aromatic N) is 3. The summed E-state index contributed by atoms with van der Waals surface area (Å²) in [7, 11) is 5.51. The third kappa shape index (κ3) is 6.45. The lowest BCUT2D eigenvalue weighted by Crippen LogP contribution is -2.39. The van der Waals surface area contributed by atoms with Crippen LogP contribution in [0, 0.1) is 0 Å². The summed E-state index contributed by atoms with van der Waals surface area (Å²) in [6.07, 6.45) is 1.81. The second kappa shape index (κ2) is 13.0. The topological polar surface area (TPSA) is 82.4 Å². The molecule has 0 amide bonds. The zero-order valence-corrected chi connectivity index (χ0v) is 27.0. The molecule has 222 valence electrons. The Morgan fingerprint density at radius 3 is 2.44 bits per heavy atom. The highest BCUT2D eigenvalue weighted by Gasteiger charge is 2.33. The van der Waals surface area contributed by atoms with Gasteiger partial charge in [0.25, 0.3) is 5.56 Å². The third-order valence-electron chi connectivity index (χ3n) is 7.04. The number of benzene rings is 3. The van der Waals surface area contributed by atoms with E-state index in [1.54, 1.807) is 31.6 Å². The number of carbonyl (C=O) groups excluding carboxylic acids is 1. The van der Waals surface area contributed by atoms with E-state index in [1.807, 2.05) is 85.7 Å². The highest BCUT2D eigenvalue weighted by Crippen LogP contribution is 2.32. The van der Waals surface area contributed by atoms with Crippen molar-refractivity contribution < 1.29 is 19.0 Å². The van der Waals surface area contributed by atoms with E-state index in [0.29, 0.717) is 38.7 Å². The molecular formula is C33H32BrN3O5S. The maximum absolute atomic E-state index is 14.0. The van der Waals surface area contributed by atoms with Gasteiger partial charge in [0.2, 0.25) is 0 Å². The van der Waals surface area contributed by atoms with E-state index in [-0.39, 0.29) is 12.2 Å². The van der Waals surface area contributed by atoms with E-state index in [0.717, 1.165) is 26.9 Å². The van der Waals surface area contributed by atoms with Crippen molar-refractivity contribution in [1.29, 1.82) is 0 Å². The first kappa shape index (κ1) is 30.3. The van der Waals surface area contributed by atoms with E-state index in [4.69, 9.17) is 14.2 Å². The van der Waals surface area contributed by atoms with Crippen LogP contribution in [0.2, 0.25) is 0 Å². The molecule has 0 N–H and O–H groups in total. The van der Waals surface area contributed by atoms with Crippen LogP contribution in [-0.2, 0) is 16.1 Å². The van der Waals surface area contributed by atoms with E-state index in [1.165, 1.54) is 11.3 Å². The molecular weight excluding hydrogens is 630 g/mol. The molecule has 0 saturated heterocycles. The fourth-order valence-corrected chi connectivity index (χ4v) is 6.16. The average Bonchev–Trinajstić information content (AvgIpc) is 3.30. The first-order valence-corrected chi connectivity index (χ1v) is 15.3. The van der Waals surface area contributed by atoms with Gasteiger partial charge in [-0.1, -0.05) is 57.6 Å². The van der Waals surface area contributed by atoms with Crippen molar-refractivity contribution in [3.8, 4) is 11.5 Å². The summed E-state index contributed by atoms with van der Waals surface area (Å²) in [6.45, 7) is 4.15. The summed E-state index contributed by atoms with van der Waals surface area (Å²) >= 11 is 4.72.